The Morgan fingerprint density at radius 1 is 1.33 bits per heavy atom. The zero-order chi connectivity index (χ0) is 15.2. The van der Waals surface area contributed by atoms with Gasteiger partial charge in [-0.1, -0.05) is 0 Å². The first-order valence-electron chi connectivity index (χ1n) is 7.41. The van der Waals surface area contributed by atoms with Gasteiger partial charge in [-0.05, 0) is 44.5 Å². The Labute approximate surface area is 125 Å². The van der Waals surface area contributed by atoms with Gasteiger partial charge in [0.2, 0.25) is 0 Å². The van der Waals surface area contributed by atoms with E-state index in [1.165, 1.54) is 0 Å². The Balaban J connectivity index is 1.79. The first-order chi connectivity index (χ1) is 10.1. The van der Waals surface area contributed by atoms with E-state index in [2.05, 4.69) is 0 Å². The summed E-state index contributed by atoms with van der Waals surface area (Å²) >= 11 is 0. The SMILES string of the molecule is CCOc1ccc(OCC(=O)N2CCC(C(C)O)C2)cc1. The Hall–Kier alpha value is -1.75. The number of rotatable bonds is 6. The van der Waals surface area contributed by atoms with E-state index >= 15 is 0 Å². The van der Waals surface area contributed by atoms with Crippen molar-refractivity contribution in [1.82, 2.24) is 4.90 Å². The van der Waals surface area contributed by atoms with Crippen LogP contribution in [0.3, 0.4) is 0 Å². The predicted molar refractivity (Wildman–Crippen MR) is 79.5 cm³/mol. The molecule has 0 aromatic heterocycles. The van der Waals surface area contributed by atoms with Crippen LogP contribution in [-0.4, -0.2) is 48.3 Å². The maximum atomic E-state index is 12.1. The second-order valence-electron chi connectivity index (χ2n) is 5.32. The van der Waals surface area contributed by atoms with Gasteiger partial charge in [0.15, 0.2) is 6.61 Å². The van der Waals surface area contributed by atoms with Gasteiger partial charge in [-0.3, -0.25) is 4.79 Å². The van der Waals surface area contributed by atoms with Crippen molar-refractivity contribution in [2.75, 3.05) is 26.3 Å². The van der Waals surface area contributed by atoms with Crippen LogP contribution < -0.4 is 9.47 Å². The van der Waals surface area contributed by atoms with Gasteiger partial charge >= 0.3 is 0 Å². The third kappa shape index (κ3) is 4.36. The molecule has 1 N–H and O–H groups in total. The van der Waals surface area contributed by atoms with Crippen molar-refractivity contribution in [2.45, 2.75) is 26.4 Å². The van der Waals surface area contributed by atoms with Crippen molar-refractivity contribution < 1.29 is 19.4 Å². The number of likely N-dealkylation sites (tertiary alicyclic amines) is 1. The minimum absolute atomic E-state index is 0.0283. The topological polar surface area (TPSA) is 59.0 Å². The molecule has 1 fully saturated rings. The van der Waals surface area contributed by atoms with E-state index in [1.54, 1.807) is 24.0 Å². The zero-order valence-electron chi connectivity index (χ0n) is 12.6. The summed E-state index contributed by atoms with van der Waals surface area (Å²) in [5, 5.41) is 9.55. The molecule has 0 bridgehead atoms. The molecule has 0 spiro atoms. The number of aliphatic hydroxyl groups excluding tert-OH is 1. The maximum absolute atomic E-state index is 12.1. The largest absolute Gasteiger partial charge is 0.494 e. The molecule has 0 aliphatic carbocycles. The molecule has 1 aliphatic heterocycles. The molecular formula is C16H23NO4. The highest BCUT2D eigenvalue weighted by atomic mass is 16.5. The standard InChI is InChI=1S/C16H23NO4/c1-3-20-14-4-6-15(7-5-14)21-11-16(19)17-9-8-13(10-17)12(2)18/h4-7,12-13,18H,3,8-11H2,1-2H3. The molecule has 1 aliphatic rings. The summed E-state index contributed by atoms with van der Waals surface area (Å²) in [5.74, 6) is 1.58. The second kappa shape index (κ2) is 7.31. The molecule has 2 rings (SSSR count). The van der Waals surface area contributed by atoms with Crippen molar-refractivity contribution >= 4 is 5.91 Å². The molecule has 0 saturated carbocycles. The quantitative estimate of drug-likeness (QED) is 0.867. The van der Waals surface area contributed by atoms with Gasteiger partial charge < -0.3 is 19.5 Å². The van der Waals surface area contributed by atoms with E-state index in [9.17, 15) is 9.90 Å². The number of hydrogen-bond donors (Lipinski definition) is 1. The van der Waals surface area contributed by atoms with Crippen LogP contribution in [0.25, 0.3) is 0 Å². The summed E-state index contributed by atoms with van der Waals surface area (Å²) in [6.07, 6.45) is 0.488. The van der Waals surface area contributed by atoms with Crippen LogP contribution >= 0.6 is 0 Å². The first-order valence-corrected chi connectivity index (χ1v) is 7.41. The summed E-state index contributed by atoms with van der Waals surface area (Å²) in [5.41, 5.74) is 0. The van der Waals surface area contributed by atoms with Crippen LogP contribution in [-0.2, 0) is 4.79 Å². The number of hydrogen-bond acceptors (Lipinski definition) is 4. The van der Waals surface area contributed by atoms with Crippen molar-refractivity contribution in [3.63, 3.8) is 0 Å². The lowest BCUT2D eigenvalue weighted by atomic mass is 10.0. The number of nitrogens with zero attached hydrogens (tertiary/aromatic N) is 1. The first kappa shape index (κ1) is 15.6. The maximum Gasteiger partial charge on any atom is 0.260 e. The van der Waals surface area contributed by atoms with Crippen LogP contribution in [0.4, 0.5) is 0 Å². The highest BCUT2D eigenvalue weighted by molar-refractivity contribution is 5.78. The average molecular weight is 293 g/mol. The van der Waals surface area contributed by atoms with E-state index in [0.717, 1.165) is 12.2 Å². The van der Waals surface area contributed by atoms with Crippen LogP contribution in [0.2, 0.25) is 0 Å². The predicted octanol–water partition coefficient (Wildman–Crippen LogP) is 1.69. The van der Waals surface area contributed by atoms with Crippen LogP contribution in [0, 0.1) is 5.92 Å². The molecule has 1 heterocycles. The van der Waals surface area contributed by atoms with E-state index in [-0.39, 0.29) is 24.5 Å². The molecule has 1 saturated heterocycles. The molecular weight excluding hydrogens is 270 g/mol. The number of aliphatic hydroxyl groups is 1. The van der Waals surface area contributed by atoms with Gasteiger partial charge in [0, 0.05) is 19.0 Å². The van der Waals surface area contributed by atoms with Gasteiger partial charge in [-0.2, -0.15) is 0 Å². The Morgan fingerprint density at radius 2 is 1.95 bits per heavy atom. The summed E-state index contributed by atoms with van der Waals surface area (Å²) in [6.45, 7) is 5.66. The summed E-state index contributed by atoms with van der Waals surface area (Å²) in [6, 6.07) is 7.23. The zero-order valence-corrected chi connectivity index (χ0v) is 12.6. The third-order valence-electron chi connectivity index (χ3n) is 3.76. The molecule has 1 amide bonds. The monoisotopic (exact) mass is 293 g/mol. The molecule has 2 atom stereocenters. The Morgan fingerprint density at radius 3 is 2.48 bits per heavy atom. The lowest BCUT2D eigenvalue weighted by Crippen LogP contribution is -2.34. The molecule has 1 aromatic rings. The fraction of sp³-hybridized carbons (Fsp3) is 0.562. The molecule has 1 aromatic carbocycles. The average Bonchev–Trinajstić information content (AvgIpc) is 2.97. The smallest absolute Gasteiger partial charge is 0.260 e. The van der Waals surface area contributed by atoms with E-state index in [4.69, 9.17) is 9.47 Å². The molecule has 0 radical (unpaired) electrons. The molecule has 5 nitrogen and oxygen atoms in total. The normalized spacial score (nSPS) is 19.4. The minimum Gasteiger partial charge on any atom is -0.494 e. The van der Waals surface area contributed by atoms with Gasteiger partial charge in [-0.15, -0.1) is 0 Å². The van der Waals surface area contributed by atoms with Gasteiger partial charge in [-0.25, -0.2) is 0 Å². The summed E-state index contributed by atoms with van der Waals surface area (Å²) < 4.78 is 10.8. The van der Waals surface area contributed by atoms with E-state index in [1.807, 2.05) is 19.1 Å². The second-order valence-corrected chi connectivity index (χ2v) is 5.32. The third-order valence-corrected chi connectivity index (χ3v) is 3.76. The lowest BCUT2D eigenvalue weighted by Gasteiger charge is -2.18. The number of carbonyl (C=O) groups excluding carboxylic acids is 1. The molecule has 21 heavy (non-hydrogen) atoms. The minimum atomic E-state index is -0.366. The van der Waals surface area contributed by atoms with E-state index in [0.29, 0.717) is 25.4 Å². The van der Waals surface area contributed by atoms with Crippen LogP contribution in [0.15, 0.2) is 24.3 Å². The number of benzene rings is 1. The van der Waals surface area contributed by atoms with Gasteiger partial charge in [0.05, 0.1) is 12.7 Å². The highest BCUT2D eigenvalue weighted by Crippen LogP contribution is 2.21. The number of carbonyl (C=O) groups is 1. The van der Waals surface area contributed by atoms with Crippen molar-refractivity contribution in [1.29, 1.82) is 0 Å². The molecule has 5 heteroatoms. The Kier molecular flexibility index (Phi) is 5.44. The molecule has 2 unspecified atom stereocenters. The lowest BCUT2D eigenvalue weighted by molar-refractivity contribution is -0.132. The number of amides is 1. The van der Waals surface area contributed by atoms with Crippen molar-refractivity contribution in [3.8, 4) is 11.5 Å². The summed E-state index contributed by atoms with van der Waals surface area (Å²) in [4.78, 5) is 13.8. The van der Waals surface area contributed by atoms with Crippen molar-refractivity contribution in [3.05, 3.63) is 24.3 Å². The Bertz CT molecular complexity index is 458. The van der Waals surface area contributed by atoms with E-state index < -0.39 is 0 Å². The number of ether oxygens (including phenoxy) is 2. The fourth-order valence-electron chi connectivity index (χ4n) is 2.44. The van der Waals surface area contributed by atoms with Crippen molar-refractivity contribution in [2.24, 2.45) is 5.92 Å². The van der Waals surface area contributed by atoms with Crippen LogP contribution in [0.1, 0.15) is 20.3 Å². The summed E-state index contributed by atoms with van der Waals surface area (Å²) in [7, 11) is 0. The highest BCUT2D eigenvalue weighted by Gasteiger charge is 2.29. The fourth-order valence-corrected chi connectivity index (χ4v) is 2.44. The molecule has 116 valence electrons. The van der Waals surface area contributed by atoms with Crippen LogP contribution in [0.5, 0.6) is 11.5 Å². The van der Waals surface area contributed by atoms with Gasteiger partial charge in [0.25, 0.3) is 5.91 Å². The van der Waals surface area contributed by atoms with Gasteiger partial charge in [0.1, 0.15) is 11.5 Å².